The molecule has 1 aromatic heterocycles. The van der Waals surface area contributed by atoms with Crippen molar-refractivity contribution in [3.05, 3.63) is 5.82 Å². The zero-order valence-corrected chi connectivity index (χ0v) is 10.00. The normalized spacial score (nSPS) is 26.6. The van der Waals surface area contributed by atoms with Gasteiger partial charge >= 0.3 is 0 Å². The Bertz CT molecular complexity index is 328. The van der Waals surface area contributed by atoms with Gasteiger partial charge in [-0.2, -0.15) is 4.37 Å². The van der Waals surface area contributed by atoms with Gasteiger partial charge in [0.15, 0.2) is 0 Å². The number of anilines is 1. The number of likely N-dealkylation sites (N-methyl/N-ethyl adjacent to an activating group) is 1. The number of hydrogen-bond acceptors (Lipinski definition) is 5. The van der Waals surface area contributed by atoms with Gasteiger partial charge < -0.3 is 10.0 Å². The predicted octanol–water partition coefficient (Wildman–Crippen LogP) is 1.59. The topological polar surface area (TPSA) is 49.2 Å². The summed E-state index contributed by atoms with van der Waals surface area (Å²) in [6, 6.07) is 0.214. The first kappa shape index (κ1) is 10.8. The van der Waals surface area contributed by atoms with Gasteiger partial charge in [0.05, 0.1) is 12.1 Å². The van der Waals surface area contributed by atoms with Gasteiger partial charge in [-0.1, -0.05) is 12.8 Å². The highest BCUT2D eigenvalue weighted by Crippen LogP contribution is 2.27. The van der Waals surface area contributed by atoms with Crippen molar-refractivity contribution in [1.29, 1.82) is 0 Å². The van der Waals surface area contributed by atoms with Crippen LogP contribution in [0.15, 0.2) is 0 Å². The molecule has 0 saturated heterocycles. The van der Waals surface area contributed by atoms with E-state index < -0.39 is 0 Å². The van der Waals surface area contributed by atoms with Gasteiger partial charge in [0.1, 0.15) is 5.82 Å². The highest BCUT2D eigenvalue weighted by atomic mass is 32.1. The third kappa shape index (κ3) is 2.29. The maximum absolute atomic E-state index is 9.92. The Kier molecular flexibility index (Phi) is 3.21. The minimum Gasteiger partial charge on any atom is -0.391 e. The van der Waals surface area contributed by atoms with Crippen LogP contribution in [-0.4, -0.2) is 33.7 Å². The summed E-state index contributed by atoms with van der Waals surface area (Å²) in [5.74, 6) is 0.812. The number of aliphatic hydroxyl groups excluding tert-OH is 1. The fourth-order valence-corrected chi connectivity index (χ4v) is 2.81. The minimum atomic E-state index is -0.215. The second-order valence-electron chi connectivity index (χ2n) is 4.15. The van der Waals surface area contributed by atoms with Gasteiger partial charge in [-0.15, -0.1) is 0 Å². The Morgan fingerprint density at radius 1 is 1.40 bits per heavy atom. The van der Waals surface area contributed by atoms with Crippen molar-refractivity contribution in [1.82, 2.24) is 9.36 Å². The van der Waals surface area contributed by atoms with E-state index in [-0.39, 0.29) is 12.1 Å². The Balaban J connectivity index is 2.09. The number of aliphatic hydroxyl groups is 1. The van der Waals surface area contributed by atoms with Crippen LogP contribution in [0.1, 0.15) is 31.5 Å². The Morgan fingerprint density at radius 2 is 2.13 bits per heavy atom. The molecule has 1 heterocycles. The average Bonchev–Trinajstić information content (AvgIpc) is 2.65. The molecule has 2 unspecified atom stereocenters. The molecular formula is C10H17N3OS. The van der Waals surface area contributed by atoms with E-state index in [9.17, 15) is 5.11 Å². The summed E-state index contributed by atoms with van der Waals surface area (Å²) in [6.07, 6.45) is 4.08. The molecule has 0 radical (unpaired) electrons. The number of aryl methyl sites for hydroxylation is 1. The summed E-state index contributed by atoms with van der Waals surface area (Å²) in [6.45, 7) is 1.89. The van der Waals surface area contributed by atoms with Crippen LogP contribution >= 0.6 is 11.5 Å². The van der Waals surface area contributed by atoms with Gasteiger partial charge in [-0.3, -0.25) is 0 Å². The third-order valence-electron chi connectivity index (χ3n) is 3.01. The van der Waals surface area contributed by atoms with E-state index in [1.165, 1.54) is 18.0 Å². The second-order valence-corrected chi connectivity index (χ2v) is 4.88. The SMILES string of the molecule is Cc1nsc(N(C)C2CCCCC2O)n1. The predicted molar refractivity (Wildman–Crippen MR) is 61.3 cm³/mol. The van der Waals surface area contributed by atoms with Crippen molar-refractivity contribution in [2.24, 2.45) is 0 Å². The molecule has 84 valence electrons. The summed E-state index contributed by atoms with van der Waals surface area (Å²) < 4.78 is 4.16. The molecule has 0 bridgehead atoms. The lowest BCUT2D eigenvalue weighted by Gasteiger charge is -2.34. The van der Waals surface area contributed by atoms with E-state index >= 15 is 0 Å². The van der Waals surface area contributed by atoms with Crippen molar-refractivity contribution in [2.45, 2.75) is 44.8 Å². The number of rotatable bonds is 2. The lowest BCUT2D eigenvalue weighted by Crippen LogP contribution is -2.43. The summed E-state index contributed by atoms with van der Waals surface area (Å²) in [5.41, 5.74) is 0. The minimum absolute atomic E-state index is 0.214. The molecule has 0 aliphatic heterocycles. The van der Waals surface area contributed by atoms with Gasteiger partial charge in [0.2, 0.25) is 5.13 Å². The maximum atomic E-state index is 9.92. The van der Waals surface area contributed by atoms with Crippen LogP contribution in [0.2, 0.25) is 0 Å². The van der Waals surface area contributed by atoms with Crippen molar-refractivity contribution in [3.8, 4) is 0 Å². The largest absolute Gasteiger partial charge is 0.391 e. The zero-order valence-electron chi connectivity index (χ0n) is 9.18. The first-order valence-electron chi connectivity index (χ1n) is 5.39. The lowest BCUT2D eigenvalue weighted by atomic mass is 9.92. The quantitative estimate of drug-likeness (QED) is 0.833. The summed E-state index contributed by atoms with van der Waals surface area (Å²) in [4.78, 5) is 6.42. The molecule has 1 aliphatic carbocycles. The summed E-state index contributed by atoms with van der Waals surface area (Å²) >= 11 is 1.41. The average molecular weight is 227 g/mol. The molecule has 2 atom stereocenters. The Morgan fingerprint density at radius 3 is 2.73 bits per heavy atom. The first-order valence-corrected chi connectivity index (χ1v) is 6.17. The van der Waals surface area contributed by atoms with E-state index in [1.54, 1.807) is 0 Å². The first-order chi connectivity index (χ1) is 7.18. The van der Waals surface area contributed by atoms with E-state index in [0.29, 0.717) is 0 Å². The van der Waals surface area contributed by atoms with Crippen molar-refractivity contribution >= 4 is 16.7 Å². The van der Waals surface area contributed by atoms with E-state index in [2.05, 4.69) is 14.3 Å². The fraction of sp³-hybridized carbons (Fsp3) is 0.800. The molecule has 1 aliphatic rings. The third-order valence-corrected chi connectivity index (χ3v) is 3.91. The van der Waals surface area contributed by atoms with Crippen LogP contribution in [-0.2, 0) is 0 Å². The standard InChI is InChI=1S/C10H17N3OS/c1-7-11-10(15-12-7)13(2)8-5-3-4-6-9(8)14/h8-9,14H,3-6H2,1-2H3. The summed E-state index contributed by atoms with van der Waals surface area (Å²) in [5, 5.41) is 10.8. The lowest BCUT2D eigenvalue weighted by molar-refractivity contribution is 0.106. The van der Waals surface area contributed by atoms with Crippen LogP contribution in [0.3, 0.4) is 0 Å². The van der Waals surface area contributed by atoms with Gasteiger partial charge in [-0.25, -0.2) is 4.98 Å². The molecule has 1 aromatic rings. The molecule has 5 heteroatoms. The van der Waals surface area contributed by atoms with Crippen molar-refractivity contribution in [2.75, 3.05) is 11.9 Å². The molecule has 4 nitrogen and oxygen atoms in total. The zero-order chi connectivity index (χ0) is 10.8. The van der Waals surface area contributed by atoms with E-state index in [1.807, 2.05) is 14.0 Å². The van der Waals surface area contributed by atoms with Crippen LogP contribution in [0.5, 0.6) is 0 Å². The van der Waals surface area contributed by atoms with Gasteiger partial charge in [0, 0.05) is 18.6 Å². The monoisotopic (exact) mass is 227 g/mol. The number of hydrogen-bond donors (Lipinski definition) is 1. The highest BCUT2D eigenvalue weighted by Gasteiger charge is 2.28. The van der Waals surface area contributed by atoms with E-state index in [0.717, 1.165) is 30.2 Å². The van der Waals surface area contributed by atoms with Gasteiger partial charge in [0.25, 0.3) is 0 Å². The molecule has 1 saturated carbocycles. The van der Waals surface area contributed by atoms with Gasteiger partial charge in [-0.05, 0) is 19.8 Å². The molecule has 0 aromatic carbocycles. The molecule has 15 heavy (non-hydrogen) atoms. The molecule has 1 N–H and O–H groups in total. The van der Waals surface area contributed by atoms with Crippen LogP contribution in [0.25, 0.3) is 0 Å². The molecule has 0 spiro atoms. The molecule has 2 rings (SSSR count). The highest BCUT2D eigenvalue weighted by molar-refractivity contribution is 7.09. The second kappa shape index (κ2) is 4.45. The Labute approximate surface area is 94.1 Å². The maximum Gasteiger partial charge on any atom is 0.205 e. The molecular weight excluding hydrogens is 210 g/mol. The number of nitrogens with zero attached hydrogens (tertiary/aromatic N) is 3. The summed E-state index contributed by atoms with van der Waals surface area (Å²) in [7, 11) is 2.00. The molecule has 1 fully saturated rings. The van der Waals surface area contributed by atoms with Crippen LogP contribution in [0, 0.1) is 6.92 Å². The van der Waals surface area contributed by atoms with Crippen molar-refractivity contribution < 1.29 is 5.11 Å². The smallest absolute Gasteiger partial charge is 0.205 e. The van der Waals surface area contributed by atoms with E-state index in [4.69, 9.17) is 0 Å². The molecule has 0 amide bonds. The fourth-order valence-electron chi connectivity index (χ4n) is 2.11. The number of aromatic nitrogens is 2. The Hall–Kier alpha value is -0.680. The van der Waals surface area contributed by atoms with Crippen molar-refractivity contribution in [3.63, 3.8) is 0 Å². The van der Waals surface area contributed by atoms with Crippen LogP contribution < -0.4 is 4.90 Å². The van der Waals surface area contributed by atoms with Crippen LogP contribution in [0.4, 0.5) is 5.13 Å².